The van der Waals surface area contributed by atoms with E-state index in [1.165, 1.54) is 69.0 Å². The molecule has 3 heterocycles. The minimum Gasteiger partial charge on any atom is -0.247 e. The summed E-state index contributed by atoms with van der Waals surface area (Å²) in [5.74, 6) is 1.91. The third-order valence-corrected chi connectivity index (χ3v) is 12.7. The highest BCUT2D eigenvalue weighted by atomic mass is 32.1. The number of benzene rings is 9. The summed E-state index contributed by atoms with van der Waals surface area (Å²) in [5, 5.41) is 11.2. The molecule has 0 bridgehead atoms. The first-order valence-electron chi connectivity index (χ1n) is 19.8. The number of rotatable bonds is 5. The van der Waals surface area contributed by atoms with Crippen molar-refractivity contribution in [3.8, 4) is 56.5 Å². The van der Waals surface area contributed by atoms with Crippen LogP contribution in [0.4, 0.5) is 0 Å². The number of nitrogens with zero attached hydrogens (tertiary/aromatic N) is 4. The summed E-state index contributed by atoms with van der Waals surface area (Å²) in [7, 11) is 0. The van der Waals surface area contributed by atoms with Crippen LogP contribution in [0.25, 0.3) is 120 Å². The molecule has 0 atom stereocenters. The van der Waals surface area contributed by atoms with Gasteiger partial charge in [0, 0.05) is 47.8 Å². The van der Waals surface area contributed by atoms with Gasteiger partial charge in [0.15, 0.2) is 17.5 Å². The van der Waals surface area contributed by atoms with E-state index in [0.29, 0.717) is 17.5 Å². The standard InChI is InChI=1S/C54H32N4S/c1-3-14-34(15-4-1)52-56-53(35-16-5-2-6-17-35)58-54(57-52)36-28-26-33(27-29-36)50-49-44-22-11-12-25-47(44)59-51(49)48-38(23-13-24-46(48)55-50)37-30-31-43-41-20-8-7-18-39(41)40-19-9-10-21-42(40)45(43)32-37/h1-32H. The molecule has 5 heteroatoms. The van der Waals surface area contributed by atoms with Crippen LogP contribution in [-0.2, 0) is 0 Å². The van der Waals surface area contributed by atoms with Crippen LogP contribution < -0.4 is 0 Å². The van der Waals surface area contributed by atoms with Crippen molar-refractivity contribution in [1.82, 2.24) is 19.9 Å². The highest BCUT2D eigenvalue weighted by Gasteiger charge is 2.20. The van der Waals surface area contributed by atoms with Crippen molar-refractivity contribution in [1.29, 1.82) is 0 Å². The maximum atomic E-state index is 5.51. The molecule has 0 spiro atoms. The van der Waals surface area contributed by atoms with Gasteiger partial charge in [-0.2, -0.15) is 0 Å². The average molecular weight is 769 g/mol. The van der Waals surface area contributed by atoms with Crippen molar-refractivity contribution in [3.05, 3.63) is 194 Å². The van der Waals surface area contributed by atoms with E-state index < -0.39 is 0 Å². The zero-order valence-corrected chi connectivity index (χ0v) is 32.5. The van der Waals surface area contributed by atoms with Crippen molar-refractivity contribution < 1.29 is 0 Å². The maximum Gasteiger partial charge on any atom is 0.164 e. The number of pyridine rings is 1. The molecule has 0 radical (unpaired) electrons. The van der Waals surface area contributed by atoms with Crippen LogP contribution in [0.1, 0.15) is 0 Å². The Morgan fingerprint density at radius 2 is 0.780 bits per heavy atom. The van der Waals surface area contributed by atoms with Gasteiger partial charge in [-0.15, -0.1) is 11.3 Å². The first kappa shape index (κ1) is 33.5. The molecule has 0 saturated carbocycles. The molecule has 0 aliphatic rings. The van der Waals surface area contributed by atoms with E-state index in [1.807, 2.05) is 72.0 Å². The van der Waals surface area contributed by atoms with Crippen LogP contribution in [0.3, 0.4) is 0 Å². The van der Waals surface area contributed by atoms with Crippen LogP contribution in [-0.4, -0.2) is 19.9 Å². The molecule has 3 aromatic heterocycles. The lowest BCUT2D eigenvalue weighted by Gasteiger charge is -2.14. The van der Waals surface area contributed by atoms with Gasteiger partial charge in [-0.3, -0.25) is 0 Å². The van der Waals surface area contributed by atoms with Gasteiger partial charge in [-0.1, -0.05) is 176 Å². The van der Waals surface area contributed by atoms with Gasteiger partial charge in [0.25, 0.3) is 0 Å². The second-order valence-electron chi connectivity index (χ2n) is 14.9. The zero-order valence-electron chi connectivity index (χ0n) is 31.7. The predicted octanol–water partition coefficient (Wildman–Crippen LogP) is 14.6. The summed E-state index contributed by atoms with van der Waals surface area (Å²) >= 11 is 1.85. The molecule has 0 saturated heterocycles. The van der Waals surface area contributed by atoms with Gasteiger partial charge in [0.05, 0.1) is 11.2 Å². The molecule has 12 rings (SSSR count). The Bertz CT molecular complexity index is 3500. The van der Waals surface area contributed by atoms with Crippen molar-refractivity contribution in [2.45, 2.75) is 0 Å². The van der Waals surface area contributed by atoms with Gasteiger partial charge in [0.2, 0.25) is 0 Å². The molecule has 0 aliphatic carbocycles. The fraction of sp³-hybridized carbons (Fsp3) is 0. The zero-order chi connectivity index (χ0) is 38.9. The van der Waals surface area contributed by atoms with Crippen LogP contribution >= 0.6 is 11.3 Å². The summed E-state index contributed by atoms with van der Waals surface area (Å²) in [6.45, 7) is 0. The number of fused-ring (bicyclic) bond motifs is 11. The molecule has 274 valence electrons. The molecule has 9 aromatic carbocycles. The van der Waals surface area contributed by atoms with E-state index in [2.05, 4.69) is 133 Å². The normalized spacial score (nSPS) is 11.7. The molecule has 0 unspecified atom stereocenters. The van der Waals surface area contributed by atoms with Crippen LogP contribution in [0.5, 0.6) is 0 Å². The number of hydrogen-bond donors (Lipinski definition) is 0. The van der Waals surface area contributed by atoms with E-state index >= 15 is 0 Å². The highest BCUT2D eigenvalue weighted by Crippen LogP contribution is 2.46. The Kier molecular flexibility index (Phi) is 7.68. The lowest BCUT2D eigenvalue weighted by molar-refractivity contribution is 1.07. The molecule has 4 nitrogen and oxygen atoms in total. The maximum absolute atomic E-state index is 5.51. The van der Waals surface area contributed by atoms with Gasteiger partial charge in [0.1, 0.15) is 0 Å². The van der Waals surface area contributed by atoms with Crippen molar-refractivity contribution in [3.63, 3.8) is 0 Å². The molecule has 0 N–H and O–H groups in total. The SMILES string of the molecule is c1ccc(-c2nc(-c3ccccc3)nc(-c3ccc(-c4nc5cccc(-c6ccc7c8ccccc8c8ccccc8c7c6)c5c5sc6ccccc6c45)cc3)n2)cc1. The minimum absolute atomic E-state index is 0.627. The van der Waals surface area contributed by atoms with E-state index in [4.69, 9.17) is 19.9 Å². The van der Waals surface area contributed by atoms with Crippen LogP contribution in [0.15, 0.2) is 194 Å². The summed E-state index contributed by atoms with van der Waals surface area (Å²) in [6, 6.07) is 68.5. The van der Waals surface area contributed by atoms with Crippen LogP contribution in [0.2, 0.25) is 0 Å². The molecular weight excluding hydrogens is 737 g/mol. The van der Waals surface area contributed by atoms with Gasteiger partial charge < -0.3 is 0 Å². The van der Waals surface area contributed by atoms with E-state index in [1.54, 1.807) is 0 Å². The Hall–Kier alpha value is -7.60. The number of thiophene rings is 1. The van der Waals surface area contributed by atoms with Crippen molar-refractivity contribution in [2.75, 3.05) is 0 Å². The van der Waals surface area contributed by atoms with E-state index in [-0.39, 0.29) is 0 Å². The summed E-state index contributed by atoms with van der Waals surface area (Å²) in [5.41, 5.74) is 8.16. The Morgan fingerprint density at radius 1 is 0.305 bits per heavy atom. The van der Waals surface area contributed by atoms with Crippen molar-refractivity contribution >= 4 is 74.7 Å². The van der Waals surface area contributed by atoms with E-state index in [0.717, 1.165) is 33.5 Å². The summed E-state index contributed by atoms with van der Waals surface area (Å²) < 4.78 is 2.49. The third-order valence-electron chi connectivity index (χ3n) is 11.5. The Labute approximate surface area is 343 Å². The third kappa shape index (κ3) is 5.51. The second-order valence-corrected chi connectivity index (χ2v) is 16.0. The highest BCUT2D eigenvalue weighted by molar-refractivity contribution is 7.26. The lowest BCUT2D eigenvalue weighted by atomic mass is 9.91. The predicted molar refractivity (Wildman–Crippen MR) is 248 cm³/mol. The monoisotopic (exact) mass is 768 g/mol. The lowest BCUT2D eigenvalue weighted by Crippen LogP contribution is -2.00. The Morgan fingerprint density at radius 3 is 1.39 bits per heavy atom. The molecule has 0 fully saturated rings. The average Bonchev–Trinajstić information content (AvgIpc) is 3.71. The van der Waals surface area contributed by atoms with Gasteiger partial charge in [-0.05, 0) is 61.6 Å². The molecule has 59 heavy (non-hydrogen) atoms. The molecular formula is C54H32N4S. The first-order valence-corrected chi connectivity index (χ1v) is 20.6. The largest absolute Gasteiger partial charge is 0.247 e. The summed E-state index contributed by atoms with van der Waals surface area (Å²) in [4.78, 5) is 20.4. The topological polar surface area (TPSA) is 51.6 Å². The smallest absolute Gasteiger partial charge is 0.164 e. The first-order chi connectivity index (χ1) is 29.2. The molecule has 0 amide bonds. The van der Waals surface area contributed by atoms with Gasteiger partial charge >= 0.3 is 0 Å². The van der Waals surface area contributed by atoms with Crippen molar-refractivity contribution in [2.24, 2.45) is 0 Å². The minimum atomic E-state index is 0.627. The van der Waals surface area contributed by atoms with Crippen LogP contribution in [0, 0.1) is 0 Å². The Balaban J connectivity index is 1.03. The number of hydrogen-bond acceptors (Lipinski definition) is 5. The molecule has 12 aromatic rings. The fourth-order valence-corrected chi connectivity index (χ4v) is 10.0. The fourth-order valence-electron chi connectivity index (χ4n) is 8.74. The second kappa shape index (κ2) is 13.5. The molecule has 0 aliphatic heterocycles. The van der Waals surface area contributed by atoms with E-state index in [9.17, 15) is 0 Å². The summed E-state index contributed by atoms with van der Waals surface area (Å²) in [6.07, 6.45) is 0. The van der Waals surface area contributed by atoms with Gasteiger partial charge in [-0.25, -0.2) is 19.9 Å². The quantitative estimate of drug-likeness (QED) is 0.164. The number of aromatic nitrogens is 4.